The molecule has 7 N–H and O–H groups in total. The minimum Gasteiger partial charge on any atom is -0.505 e. The fourth-order valence-electron chi connectivity index (χ4n) is 7.50. The second-order valence-electron chi connectivity index (χ2n) is 15.2. The van der Waals surface area contributed by atoms with Crippen molar-refractivity contribution in [2.75, 3.05) is 11.1 Å². The number of hydrogen-bond acceptors (Lipinski definition) is 15. The molecule has 0 bridgehead atoms. The van der Waals surface area contributed by atoms with Crippen LogP contribution in [0.2, 0.25) is 0 Å². The number of benzene rings is 9. The predicted molar refractivity (Wildman–Crippen MR) is 258 cm³/mol. The Morgan fingerprint density at radius 1 is 0.449 bits per heavy atom. The Kier molecular flexibility index (Phi) is 11.7. The highest BCUT2D eigenvalue weighted by molar-refractivity contribution is 7.86. The van der Waals surface area contributed by atoms with Crippen LogP contribution in [0.4, 0.5) is 45.5 Å². The van der Waals surface area contributed by atoms with Gasteiger partial charge in [0.15, 0.2) is 5.75 Å². The molecule has 344 valence electrons. The number of hydrogen-bond donors (Lipinski definition) is 6. The van der Waals surface area contributed by atoms with Gasteiger partial charge in [-0.3, -0.25) is 18.5 Å². The number of carbonyl (C=O) groups excluding carboxylic acids is 1. The molecule has 9 aromatic carbocycles. The van der Waals surface area contributed by atoms with Crippen LogP contribution in [0.25, 0.3) is 43.1 Å². The lowest BCUT2D eigenvalue weighted by atomic mass is 10.1. The standard InChI is InChI=1S/C47H32N8O11S3/c48-28-11-8-26(9-12-28)47(57)49-29-13-15-32-27(22-29)10-17-43(46(32)56)55-53-40-19-18-39(33-4-1-2-5-34(33)40)52-54-42-21-20-41(35-16-14-31(25-37(35)42)67(58,59)60)51-50-30-23-38-36(45(24-30)69(64,65)66)6-3-7-44(38)68(61,62)63/h1-25,56H,48H2,(H,49,57)(H,58,59,60)(H,61,62,63)(H,64,65,66). The van der Waals surface area contributed by atoms with Gasteiger partial charge in [-0.2, -0.15) is 30.4 Å². The third-order valence-corrected chi connectivity index (χ3v) is 13.4. The summed E-state index contributed by atoms with van der Waals surface area (Å²) in [6.07, 6.45) is 0. The lowest BCUT2D eigenvalue weighted by Gasteiger charge is -2.09. The fourth-order valence-corrected chi connectivity index (χ4v) is 9.43. The Bertz CT molecular complexity index is 4080. The van der Waals surface area contributed by atoms with Crippen molar-refractivity contribution in [1.82, 2.24) is 0 Å². The second kappa shape index (κ2) is 17.7. The lowest BCUT2D eigenvalue weighted by Crippen LogP contribution is -2.11. The van der Waals surface area contributed by atoms with E-state index in [-0.39, 0.29) is 56.0 Å². The van der Waals surface area contributed by atoms with Crippen LogP contribution in [0.1, 0.15) is 10.4 Å². The summed E-state index contributed by atoms with van der Waals surface area (Å²) in [7, 11) is -14.5. The minimum atomic E-state index is -4.95. The quantitative estimate of drug-likeness (QED) is 0.0400. The van der Waals surface area contributed by atoms with Gasteiger partial charge in [-0.1, -0.05) is 48.5 Å². The Morgan fingerprint density at radius 3 is 1.59 bits per heavy atom. The SMILES string of the molecule is Nc1ccc(C(=O)Nc2ccc3c(O)c(N=Nc4ccc(N=Nc5ccc(N=Nc6cc(S(=O)(=O)O)c7cccc(S(=O)(=O)O)c7c6)c6ccc(S(=O)(=O)O)cc56)c5ccccc45)ccc3c2)cc1. The van der Waals surface area contributed by atoms with Gasteiger partial charge in [-0.05, 0) is 109 Å². The smallest absolute Gasteiger partial charge is 0.295 e. The van der Waals surface area contributed by atoms with Crippen molar-refractivity contribution in [3.63, 3.8) is 0 Å². The summed E-state index contributed by atoms with van der Waals surface area (Å²) in [5, 5.41) is 42.3. The average Bonchev–Trinajstić information content (AvgIpc) is 3.31. The summed E-state index contributed by atoms with van der Waals surface area (Å²) in [6, 6.07) is 37.3. The van der Waals surface area contributed by atoms with Crippen molar-refractivity contribution in [3.8, 4) is 5.75 Å². The van der Waals surface area contributed by atoms with Gasteiger partial charge >= 0.3 is 0 Å². The number of phenolic OH excluding ortho intramolecular Hbond substituents is 1. The molecule has 0 unspecified atom stereocenters. The third kappa shape index (κ3) is 9.46. The molecule has 0 saturated carbocycles. The van der Waals surface area contributed by atoms with Crippen LogP contribution in [0.3, 0.4) is 0 Å². The Morgan fingerprint density at radius 2 is 0.986 bits per heavy atom. The molecule has 0 spiro atoms. The number of nitrogens with zero attached hydrogens (tertiary/aromatic N) is 6. The van der Waals surface area contributed by atoms with Crippen LogP contribution >= 0.6 is 0 Å². The first-order valence-corrected chi connectivity index (χ1v) is 24.4. The van der Waals surface area contributed by atoms with E-state index in [4.69, 9.17) is 5.73 Å². The van der Waals surface area contributed by atoms with E-state index in [1.807, 2.05) is 0 Å². The molecule has 0 fully saturated rings. The van der Waals surface area contributed by atoms with Gasteiger partial charge in [0.25, 0.3) is 36.3 Å². The highest BCUT2D eigenvalue weighted by atomic mass is 32.2. The maximum Gasteiger partial charge on any atom is 0.295 e. The summed E-state index contributed by atoms with van der Waals surface area (Å²) in [5.41, 5.74) is 8.15. The topological polar surface area (TPSA) is 313 Å². The maximum absolute atomic E-state index is 12.8. The van der Waals surface area contributed by atoms with Gasteiger partial charge in [0.05, 0.1) is 33.3 Å². The van der Waals surface area contributed by atoms with E-state index in [1.165, 1.54) is 30.3 Å². The van der Waals surface area contributed by atoms with Crippen LogP contribution in [0.5, 0.6) is 5.75 Å². The van der Waals surface area contributed by atoms with Crippen LogP contribution in [0, 0.1) is 0 Å². The van der Waals surface area contributed by atoms with Crippen LogP contribution in [0.15, 0.2) is 197 Å². The van der Waals surface area contributed by atoms with E-state index in [0.717, 1.165) is 30.3 Å². The molecule has 0 aromatic heterocycles. The normalized spacial score (nSPS) is 12.6. The summed E-state index contributed by atoms with van der Waals surface area (Å²) in [4.78, 5) is 10.9. The Hall–Kier alpha value is -8.38. The molecule has 9 aromatic rings. The Balaban J connectivity index is 1.03. The molecule has 0 saturated heterocycles. The number of nitrogen functional groups attached to an aromatic ring is 1. The number of aromatic hydroxyl groups is 1. The van der Waals surface area contributed by atoms with Crippen LogP contribution in [-0.4, -0.2) is 49.9 Å². The zero-order valence-electron chi connectivity index (χ0n) is 35.1. The number of amides is 1. The number of nitrogens with one attached hydrogen (secondary N) is 1. The highest BCUT2D eigenvalue weighted by Crippen LogP contribution is 2.42. The molecule has 0 atom stereocenters. The highest BCUT2D eigenvalue weighted by Gasteiger charge is 2.22. The fraction of sp³-hybridized carbons (Fsp3) is 0. The molecule has 9 rings (SSSR count). The van der Waals surface area contributed by atoms with Gasteiger partial charge in [0, 0.05) is 54.6 Å². The van der Waals surface area contributed by atoms with Crippen molar-refractivity contribution in [2.45, 2.75) is 14.7 Å². The van der Waals surface area contributed by atoms with Gasteiger partial charge < -0.3 is 16.2 Å². The largest absolute Gasteiger partial charge is 0.505 e. The van der Waals surface area contributed by atoms with E-state index in [0.29, 0.717) is 49.9 Å². The van der Waals surface area contributed by atoms with E-state index in [9.17, 15) is 48.8 Å². The first-order chi connectivity index (χ1) is 32.8. The molecule has 0 aliphatic rings. The van der Waals surface area contributed by atoms with Crippen molar-refractivity contribution in [2.24, 2.45) is 30.7 Å². The summed E-state index contributed by atoms with van der Waals surface area (Å²) in [6.45, 7) is 0. The molecule has 0 aliphatic carbocycles. The van der Waals surface area contributed by atoms with Crippen molar-refractivity contribution < 1.29 is 48.8 Å². The molecular formula is C47H32N8O11S3. The number of carbonyl (C=O) groups is 1. The van der Waals surface area contributed by atoms with E-state index >= 15 is 0 Å². The average molecular weight is 981 g/mol. The number of anilines is 2. The summed E-state index contributed by atoms with van der Waals surface area (Å²) in [5.74, 6) is -0.457. The molecule has 0 radical (unpaired) electrons. The first-order valence-electron chi connectivity index (χ1n) is 20.1. The number of rotatable bonds is 11. The van der Waals surface area contributed by atoms with E-state index < -0.39 is 45.0 Å². The maximum atomic E-state index is 12.8. The summed E-state index contributed by atoms with van der Waals surface area (Å²) < 4.78 is 103. The zero-order chi connectivity index (χ0) is 48.8. The van der Waals surface area contributed by atoms with Crippen LogP contribution in [-0.2, 0) is 30.4 Å². The molecule has 69 heavy (non-hydrogen) atoms. The monoisotopic (exact) mass is 980 g/mol. The first kappa shape index (κ1) is 45.8. The molecule has 19 nitrogen and oxygen atoms in total. The molecule has 0 aliphatic heterocycles. The van der Waals surface area contributed by atoms with E-state index in [2.05, 4.69) is 36.0 Å². The number of azo groups is 3. The number of fused-ring (bicyclic) bond motifs is 4. The predicted octanol–water partition coefficient (Wildman–Crippen LogP) is 11.8. The van der Waals surface area contributed by atoms with Crippen LogP contribution < -0.4 is 11.1 Å². The van der Waals surface area contributed by atoms with Crippen molar-refractivity contribution in [3.05, 3.63) is 157 Å². The summed E-state index contributed by atoms with van der Waals surface area (Å²) >= 11 is 0. The van der Waals surface area contributed by atoms with Crippen molar-refractivity contribution >= 4 is 125 Å². The van der Waals surface area contributed by atoms with Crippen molar-refractivity contribution in [1.29, 1.82) is 0 Å². The van der Waals surface area contributed by atoms with Gasteiger partial charge in [0.2, 0.25) is 0 Å². The minimum absolute atomic E-state index is 0.0868. The number of phenols is 1. The van der Waals surface area contributed by atoms with Gasteiger partial charge in [-0.25, -0.2) is 0 Å². The lowest BCUT2D eigenvalue weighted by molar-refractivity contribution is 0.102. The zero-order valence-corrected chi connectivity index (χ0v) is 37.5. The molecular weight excluding hydrogens is 949 g/mol. The molecule has 0 heterocycles. The van der Waals surface area contributed by atoms with Gasteiger partial charge in [0.1, 0.15) is 15.5 Å². The Labute approximate surface area is 391 Å². The second-order valence-corrected chi connectivity index (χ2v) is 19.4. The number of nitrogens with two attached hydrogens (primary N) is 1. The third-order valence-electron chi connectivity index (χ3n) is 10.8. The van der Waals surface area contributed by atoms with E-state index in [1.54, 1.807) is 91.0 Å². The molecule has 1 amide bonds. The van der Waals surface area contributed by atoms with Gasteiger partial charge in [-0.15, -0.1) is 25.6 Å². The molecule has 22 heteroatoms.